The molecule has 1 heterocycles. The maximum atomic E-state index is 11.9. The predicted molar refractivity (Wildman–Crippen MR) is 69.1 cm³/mol. The third kappa shape index (κ3) is 2.02. The average molecular weight is 281 g/mol. The van der Waals surface area contributed by atoms with Gasteiger partial charge in [0.05, 0.1) is 10.9 Å². The lowest BCUT2D eigenvalue weighted by molar-refractivity contribution is 0.776. The lowest BCUT2D eigenvalue weighted by Gasteiger charge is -2.06. The van der Waals surface area contributed by atoms with Gasteiger partial charge in [0.25, 0.3) is 5.56 Å². The van der Waals surface area contributed by atoms with Gasteiger partial charge in [-0.25, -0.2) is 4.98 Å². The third-order valence-corrected chi connectivity index (χ3v) is 3.14. The summed E-state index contributed by atoms with van der Waals surface area (Å²) in [5, 5.41) is 1.40. The van der Waals surface area contributed by atoms with Gasteiger partial charge in [-0.2, -0.15) is 0 Å². The van der Waals surface area contributed by atoms with Crippen molar-refractivity contribution in [2.24, 2.45) is 0 Å². The maximum Gasteiger partial charge on any atom is 0.258 e. The standard InChI is InChI=1S/C12H13BrN2O/c1-7(2)11-14-10-4-3-8(6-13)5-9(10)12(16)15-11/h3-5,7H,6H2,1-2H3,(H,14,15,16). The van der Waals surface area contributed by atoms with Crippen LogP contribution >= 0.6 is 15.9 Å². The number of hydrogen-bond donors (Lipinski definition) is 1. The Labute approximate surface area is 102 Å². The Morgan fingerprint density at radius 2 is 2.19 bits per heavy atom. The summed E-state index contributed by atoms with van der Waals surface area (Å²) in [7, 11) is 0. The van der Waals surface area contributed by atoms with E-state index in [9.17, 15) is 4.79 Å². The molecule has 0 bridgehead atoms. The van der Waals surface area contributed by atoms with Gasteiger partial charge >= 0.3 is 0 Å². The first kappa shape index (κ1) is 11.3. The van der Waals surface area contributed by atoms with Gasteiger partial charge < -0.3 is 4.98 Å². The number of nitrogens with one attached hydrogen (secondary N) is 1. The highest BCUT2D eigenvalue weighted by Crippen LogP contribution is 2.15. The highest BCUT2D eigenvalue weighted by Gasteiger charge is 2.07. The zero-order chi connectivity index (χ0) is 11.7. The second-order valence-electron chi connectivity index (χ2n) is 4.09. The number of hydrogen-bond acceptors (Lipinski definition) is 2. The molecule has 16 heavy (non-hydrogen) atoms. The van der Waals surface area contributed by atoms with Crippen molar-refractivity contribution < 1.29 is 0 Å². The molecule has 0 aliphatic heterocycles. The number of halogens is 1. The van der Waals surface area contributed by atoms with Crippen LogP contribution in [-0.4, -0.2) is 9.97 Å². The van der Waals surface area contributed by atoms with Crippen LogP contribution in [0.3, 0.4) is 0 Å². The summed E-state index contributed by atoms with van der Waals surface area (Å²) in [6.45, 7) is 4.02. The number of alkyl halides is 1. The summed E-state index contributed by atoms with van der Waals surface area (Å²) < 4.78 is 0. The number of benzene rings is 1. The van der Waals surface area contributed by atoms with Gasteiger partial charge in [-0.3, -0.25) is 4.79 Å². The van der Waals surface area contributed by atoms with E-state index in [-0.39, 0.29) is 11.5 Å². The van der Waals surface area contributed by atoms with Crippen molar-refractivity contribution in [3.8, 4) is 0 Å². The van der Waals surface area contributed by atoms with E-state index in [2.05, 4.69) is 25.9 Å². The van der Waals surface area contributed by atoms with Crippen LogP contribution < -0.4 is 5.56 Å². The molecule has 0 radical (unpaired) electrons. The molecule has 84 valence electrons. The van der Waals surface area contributed by atoms with Gasteiger partial charge in [-0.05, 0) is 17.7 Å². The van der Waals surface area contributed by atoms with E-state index >= 15 is 0 Å². The molecule has 1 N–H and O–H groups in total. The molecule has 0 unspecified atom stereocenters. The average Bonchev–Trinajstić information content (AvgIpc) is 2.28. The van der Waals surface area contributed by atoms with Crippen molar-refractivity contribution in [3.63, 3.8) is 0 Å². The molecule has 0 amide bonds. The van der Waals surface area contributed by atoms with E-state index in [1.54, 1.807) is 0 Å². The molecule has 3 nitrogen and oxygen atoms in total. The van der Waals surface area contributed by atoms with Gasteiger partial charge in [0.15, 0.2) is 0 Å². The highest BCUT2D eigenvalue weighted by molar-refractivity contribution is 9.08. The van der Waals surface area contributed by atoms with Crippen LogP contribution in [-0.2, 0) is 5.33 Å². The van der Waals surface area contributed by atoms with Crippen molar-refractivity contribution in [2.45, 2.75) is 25.1 Å². The van der Waals surface area contributed by atoms with Crippen molar-refractivity contribution in [1.29, 1.82) is 0 Å². The molecule has 4 heteroatoms. The number of aromatic amines is 1. The molecule has 0 saturated carbocycles. The van der Waals surface area contributed by atoms with E-state index in [1.165, 1.54) is 0 Å². The Balaban J connectivity index is 2.71. The molecule has 2 rings (SSSR count). The summed E-state index contributed by atoms with van der Waals surface area (Å²) in [5.41, 5.74) is 1.78. The minimum Gasteiger partial charge on any atom is -0.310 e. The first-order valence-electron chi connectivity index (χ1n) is 5.20. The fourth-order valence-electron chi connectivity index (χ4n) is 1.56. The zero-order valence-electron chi connectivity index (χ0n) is 9.25. The van der Waals surface area contributed by atoms with Gasteiger partial charge in [-0.15, -0.1) is 0 Å². The Bertz CT molecular complexity index is 575. The molecular weight excluding hydrogens is 268 g/mol. The van der Waals surface area contributed by atoms with Gasteiger partial charge in [0.1, 0.15) is 5.82 Å². The van der Waals surface area contributed by atoms with Crippen molar-refractivity contribution in [3.05, 3.63) is 39.9 Å². The fraction of sp³-hybridized carbons (Fsp3) is 0.333. The van der Waals surface area contributed by atoms with Crippen molar-refractivity contribution in [2.75, 3.05) is 0 Å². The monoisotopic (exact) mass is 280 g/mol. The van der Waals surface area contributed by atoms with Crippen LogP contribution in [0.5, 0.6) is 0 Å². The van der Waals surface area contributed by atoms with Crippen LogP contribution in [0.15, 0.2) is 23.0 Å². The van der Waals surface area contributed by atoms with Crippen LogP contribution in [0.1, 0.15) is 31.2 Å². The van der Waals surface area contributed by atoms with Crippen LogP contribution in [0.4, 0.5) is 0 Å². The molecular formula is C12H13BrN2O. The molecule has 1 aromatic heterocycles. The Kier molecular flexibility index (Phi) is 3.10. The van der Waals surface area contributed by atoms with E-state index < -0.39 is 0 Å². The van der Waals surface area contributed by atoms with Gasteiger partial charge in [-0.1, -0.05) is 35.8 Å². The number of nitrogens with zero attached hydrogens (tertiary/aromatic N) is 1. The lowest BCUT2D eigenvalue weighted by atomic mass is 10.1. The van der Waals surface area contributed by atoms with E-state index in [1.807, 2.05) is 32.0 Å². The lowest BCUT2D eigenvalue weighted by Crippen LogP contribution is -2.12. The maximum absolute atomic E-state index is 11.9. The van der Waals surface area contributed by atoms with Crippen LogP contribution in [0.25, 0.3) is 10.9 Å². The van der Waals surface area contributed by atoms with Crippen molar-refractivity contribution in [1.82, 2.24) is 9.97 Å². The van der Waals surface area contributed by atoms with E-state index in [0.717, 1.165) is 22.2 Å². The fourth-order valence-corrected chi connectivity index (χ4v) is 1.91. The molecule has 2 aromatic rings. The Morgan fingerprint density at radius 3 is 2.81 bits per heavy atom. The molecule has 0 aliphatic carbocycles. The molecule has 0 spiro atoms. The number of aromatic nitrogens is 2. The minimum absolute atomic E-state index is 0.0588. The zero-order valence-corrected chi connectivity index (χ0v) is 10.8. The van der Waals surface area contributed by atoms with E-state index in [4.69, 9.17) is 0 Å². The minimum atomic E-state index is -0.0588. The van der Waals surface area contributed by atoms with Crippen molar-refractivity contribution >= 4 is 26.8 Å². The molecule has 0 fully saturated rings. The first-order valence-corrected chi connectivity index (χ1v) is 6.33. The number of H-pyrrole nitrogens is 1. The van der Waals surface area contributed by atoms with Crippen LogP contribution in [0.2, 0.25) is 0 Å². The molecule has 0 saturated heterocycles. The van der Waals surface area contributed by atoms with Gasteiger partial charge in [0, 0.05) is 11.2 Å². The number of rotatable bonds is 2. The van der Waals surface area contributed by atoms with Gasteiger partial charge in [0.2, 0.25) is 0 Å². The first-order chi connectivity index (χ1) is 7.61. The topological polar surface area (TPSA) is 45.8 Å². The largest absolute Gasteiger partial charge is 0.310 e. The molecule has 1 aromatic carbocycles. The quantitative estimate of drug-likeness (QED) is 0.860. The summed E-state index contributed by atoms with van der Waals surface area (Å²) in [4.78, 5) is 19.1. The van der Waals surface area contributed by atoms with E-state index in [0.29, 0.717) is 5.39 Å². The Hall–Kier alpha value is -1.16. The summed E-state index contributed by atoms with van der Waals surface area (Å²) >= 11 is 3.37. The summed E-state index contributed by atoms with van der Waals surface area (Å²) in [5.74, 6) is 0.969. The van der Waals surface area contributed by atoms with Crippen LogP contribution in [0, 0.1) is 0 Å². The summed E-state index contributed by atoms with van der Waals surface area (Å²) in [6.07, 6.45) is 0. The molecule has 0 aliphatic rings. The SMILES string of the molecule is CC(C)c1nc2ccc(CBr)cc2c(=O)[nH]1. The Morgan fingerprint density at radius 1 is 1.44 bits per heavy atom. The normalized spacial score (nSPS) is 11.2. The number of fused-ring (bicyclic) bond motifs is 1. The predicted octanol–water partition coefficient (Wildman–Crippen LogP) is 2.94. The summed E-state index contributed by atoms with van der Waals surface area (Å²) in [6, 6.07) is 5.75. The smallest absolute Gasteiger partial charge is 0.258 e. The highest BCUT2D eigenvalue weighted by atomic mass is 79.9. The second-order valence-corrected chi connectivity index (χ2v) is 4.65. The molecule has 0 atom stereocenters. The third-order valence-electron chi connectivity index (χ3n) is 2.49. The second kappa shape index (κ2) is 4.37.